The summed E-state index contributed by atoms with van der Waals surface area (Å²) >= 11 is 11.9. The van der Waals surface area contributed by atoms with E-state index in [1.165, 1.54) is 0 Å². The first kappa shape index (κ1) is 14.1. The first-order chi connectivity index (χ1) is 10.1. The minimum atomic E-state index is 0.256. The van der Waals surface area contributed by atoms with Crippen LogP contribution in [0.5, 0.6) is 0 Å². The molecule has 2 aromatic carbocycles. The Labute approximate surface area is 133 Å². The molecule has 3 nitrogen and oxygen atoms in total. The Morgan fingerprint density at radius 2 is 1.67 bits per heavy atom. The standard InChI is InChI=1S/C16H13Cl2N3/c1-21(10-11-6-8-12(17)9-7-11)15-13-4-2-3-5-14(13)19-16(18)20-15/h2-9H,10H2,1H3. The highest BCUT2D eigenvalue weighted by atomic mass is 35.5. The number of fused-ring (bicyclic) bond motifs is 1. The van der Waals surface area contributed by atoms with Gasteiger partial charge in [0.1, 0.15) is 5.82 Å². The molecule has 0 aliphatic heterocycles. The van der Waals surface area contributed by atoms with Gasteiger partial charge in [0.15, 0.2) is 0 Å². The van der Waals surface area contributed by atoms with E-state index in [9.17, 15) is 0 Å². The van der Waals surface area contributed by atoms with E-state index < -0.39 is 0 Å². The van der Waals surface area contributed by atoms with Crippen LogP contribution < -0.4 is 4.90 Å². The summed E-state index contributed by atoms with van der Waals surface area (Å²) in [5.74, 6) is 0.820. The predicted octanol–water partition coefficient (Wildman–Crippen LogP) is 4.57. The zero-order valence-corrected chi connectivity index (χ0v) is 12.9. The first-order valence-electron chi connectivity index (χ1n) is 6.51. The van der Waals surface area contributed by atoms with Gasteiger partial charge in [-0.15, -0.1) is 0 Å². The molecule has 0 radical (unpaired) electrons. The second kappa shape index (κ2) is 5.88. The molecule has 1 aromatic heterocycles. The van der Waals surface area contributed by atoms with E-state index >= 15 is 0 Å². The minimum Gasteiger partial charge on any atom is -0.355 e. The normalized spacial score (nSPS) is 10.8. The Morgan fingerprint density at radius 3 is 2.43 bits per heavy atom. The lowest BCUT2D eigenvalue weighted by molar-refractivity contribution is 0.900. The van der Waals surface area contributed by atoms with Crippen molar-refractivity contribution in [3.63, 3.8) is 0 Å². The highest BCUT2D eigenvalue weighted by molar-refractivity contribution is 6.30. The molecule has 21 heavy (non-hydrogen) atoms. The molecule has 0 amide bonds. The summed E-state index contributed by atoms with van der Waals surface area (Å²) in [5, 5.41) is 1.97. The summed E-state index contributed by atoms with van der Waals surface area (Å²) < 4.78 is 0. The summed E-state index contributed by atoms with van der Waals surface area (Å²) in [6.45, 7) is 0.717. The van der Waals surface area contributed by atoms with Gasteiger partial charge >= 0.3 is 0 Å². The van der Waals surface area contributed by atoms with Gasteiger partial charge < -0.3 is 4.90 Å². The molecule has 106 valence electrons. The van der Waals surface area contributed by atoms with Crippen LogP contribution in [0.25, 0.3) is 10.9 Å². The van der Waals surface area contributed by atoms with Crippen LogP contribution in [-0.4, -0.2) is 17.0 Å². The fourth-order valence-corrected chi connectivity index (χ4v) is 2.56. The van der Waals surface area contributed by atoms with Crippen molar-refractivity contribution in [3.8, 4) is 0 Å². The molecule has 0 bridgehead atoms. The van der Waals surface area contributed by atoms with Crippen LogP contribution >= 0.6 is 23.2 Å². The van der Waals surface area contributed by atoms with Gasteiger partial charge in [0.25, 0.3) is 0 Å². The summed E-state index contributed by atoms with van der Waals surface area (Å²) in [6, 6.07) is 15.6. The van der Waals surface area contributed by atoms with Gasteiger partial charge in [0.2, 0.25) is 5.28 Å². The Bertz CT molecular complexity index is 772. The van der Waals surface area contributed by atoms with Crippen molar-refractivity contribution < 1.29 is 0 Å². The lowest BCUT2D eigenvalue weighted by Gasteiger charge is -2.20. The molecule has 0 unspecified atom stereocenters. The fourth-order valence-electron chi connectivity index (χ4n) is 2.26. The molecule has 0 aliphatic rings. The van der Waals surface area contributed by atoms with E-state index in [1.807, 2.05) is 55.6 Å². The van der Waals surface area contributed by atoms with Crippen molar-refractivity contribution in [2.45, 2.75) is 6.54 Å². The highest BCUT2D eigenvalue weighted by Gasteiger charge is 2.11. The summed E-state index contributed by atoms with van der Waals surface area (Å²) in [5.41, 5.74) is 2.00. The van der Waals surface area contributed by atoms with Gasteiger partial charge in [-0.1, -0.05) is 35.9 Å². The fraction of sp³-hybridized carbons (Fsp3) is 0.125. The van der Waals surface area contributed by atoms with Gasteiger partial charge in [-0.05, 0) is 41.4 Å². The smallest absolute Gasteiger partial charge is 0.224 e. The average molecular weight is 318 g/mol. The molecular formula is C16H13Cl2N3. The van der Waals surface area contributed by atoms with Crippen LogP contribution in [0.1, 0.15) is 5.56 Å². The van der Waals surface area contributed by atoms with Crippen molar-refractivity contribution in [1.29, 1.82) is 0 Å². The van der Waals surface area contributed by atoms with Crippen molar-refractivity contribution >= 4 is 39.9 Å². The molecule has 0 saturated carbocycles. The van der Waals surface area contributed by atoms with Gasteiger partial charge in [0.05, 0.1) is 5.52 Å². The zero-order chi connectivity index (χ0) is 14.8. The Kier molecular flexibility index (Phi) is 3.95. The Balaban J connectivity index is 1.97. The first-order valence-corrected chi connectivity index (χ1v) is 7.27. The number of para-hydroxylation sites is 1. The quantitative estimate of drug-likeness (QED) is 0.662. The molecule has 0 N–H and O–H groups in total. The Morgan fingerprint density at radius 1 is 0.952 bits per heavy atom. The molecule has 0 saturated heterocycles. The topological polar surface area (TPSA) is 29.0 Å². The molecule has 5 heteroatoms. The molecule has 3 aromatic rings. The van der Waals surface area contributed by atoms with E-state index in [2.05, 4.69) is 14.9 Å². The van der Waals surface area contributed by atoms with Crippen LogP contribution in [0.15, 0.2) is 48.5 Å². The van der Waals surface area contributed by atoms with Crippen LogP contribution in [0.4, 0.5) is 5.82 Å². The number of aromatic nitrogens is 2. The molecule has 0 atom stereocenters. The van der Waals surface area contributed by atoms with Crippen LogP contribution in [0, 0.1) is 0 Å². The number of hydrogen-bond acceptors (Lipinski definition) is 3. The number of benzene rings is 2. The molecular weight excluding hydrogens is 305 g/mol. The zero-order valence-electron chi connectivity index (χ0n) is 11.4. The maximum absolute atomic E-state index is 6.03. The summed E-state index contributed by atoms with van der Waals surface area (Å²) in [6.07, 6.45) is 0. The van der Waals surface area contributed by atoms with Crippen molar-refractivity contribution in [1.82, 2.24) is 9.97 Å². The van der Waals surface area contributed by atoms with Crippen molar-refractivity contribution in [2.24, 2.45) is 0 Å². The number of anilines is 1. The molecule has 0 spiro atoms. The third-order valence-electron chi connectivity index (χ3n) is 3.25. The largest absolute Gasteiger partial charge is 0.355 e. The van der Waals surface area contributed by atoms with Crippen molar-refractivity contribution in [2.75, 3.05) is 11.9 Å². The number of hydrogen-bond donors (Lipinski definition) is 0. The average Bonchev–Trinajstić information content (AvgIpc) is 2.48. The SMILES string of the molecule is CN(Cc1ccc(Cl)cc1)c1nc(Cl)nc2ccccc12. The van der Waals surface area contributed by atoms with Gasteiger partial charge in [-0.3, -0.25) is 0 Å². The Hall–Kier alpha value is -1.84. The second-order valence-electron chi connectivity index (χ2n) is 4.82. The van der Waals surface area contributed by atoms with Crippen LogP contribution in [0.2, 0.25) is 10.3 Å². The summed E-state index contributed by atoms with van der Waals surface area (Å²) in [7, 11) is 1.99. The van der Waals surface area contributed by atoms with E-state index in [4.69, 9.17) is 23.2 Å². The third kappa shape index (κ3) is 3.09. The molecule has 0 aliphatic carbocycles. The van der Waals surface area contributed by atoms with E-state index in [1.54, 1.807) is 0 Å². The van der Waals surface area contributed by atoms with Gasteiger partial charge in [0, 0.05) is 24.0 Å². The van der Waals surface area contributed by atoms with Crippen molar-refractivity contribution in [3.05, 3.63) is 64.4 Å². The third-order valence-corrected chi connectivity index (χ3v) is 3.67. The van der Waals surface area contributed by atoms with Gasteiger partial charge in [-0.2, -0.15) is 4.98 Å². The number of halogens is 2. The monoisotopic (exact) mass is 317 g/mol. The number of rotatable bonds is 3. The van der Waals surface area contributed by atoms with E-state index in [0.717, 1.165) is 27.3 Å². The summed E-state index contributed by atoms with van der Waals surface area (Å²) in [4.78, 5) is 10.7. The van der Waals surface area contributed by atoms with E-state index in [-0.39, 0.29) is 5.28 Å². The highest BCUT2D eigenvalue weighted by Crippen LogP contribution is 2.25. The minimum absolute atomic E-state index is 0.256. The van der Waals surface area contributed by atoms with E-state index in [0.29, 0.717) is 6.54 Å². The second-order valence-corrected chi connectivity index (χ2v) is 5.59. The molecule has 0 fully saturated rings. The molecule has 1 heterocycles. The maximum atomic E-state index is 6.03. The lowest BCUT2D eigenvalue weighted by Crippen LogP contribution is -2.18. The van der Waals surface area contributed by atoms with Crippen LogP contribution in [0.3, 0.4) is 0 Å². The lowest BCUT2D eigenvalue weighted by atomic mass is 10.2. The molecule has 3 rings (SSSR count). The predicted molar refractivity (Wildman–Crippen MR) is 88.1 cm³/mol. The number of nitrogens with zero attached hydrogens (tertiary/aromatic N) is 3. The van der Waals surface area contributed by atoms with Gasteiger partial charge in [-0.25, -0.2) is 4.98 Å². The maximum Gasteiger partial charge on any atom is 0.224 e. The van der Waals surface area contributed by atoms with Crippen LogP contribution in [-0.2, 0) is 6.54 Å².